The van der Waals surface area contributed by atoms with E-state index in [1.807, 2.05) is 11.8 Å². The molecule has 1 N–H and O–H groups in total. The number of guanidine groups is 1. The molecule has 3 rings (SSSR count). The van der Waals surface area contributed by atoms with Gasteiger partial charge in [-0.15, -0.1) is 0 Å². The van der Waals surface area contributed by atoms with E-state index in [-0.39, 0.29) is 17.5 Å². The van der Waals surface area contributed by atoms with Crippen molar-refractivity contribution in [1.82, 2.24) is 14.9 Å². The van der Waals surface area contributed by atoms with E-state index in [0.717, 1.165) is 5.82 Å². The van der Waals surface area contributed by atoms with Gasteiger partial charge < -0.3 is 4.98 Å². The van der Waals surface area contributed by atoms with Gasteiger partial charge in [0.05, 0.1) is 11.6 Å². The number of anilines is 1. The van der Waals surface area contributed by atoms with Crippen molar-refractivity contribution in [3.63, 3.8) is 0 Å². The second kappa shape index (κ2) is 3.13. The van der Waals surface area contributed by atoms with Crippen molar-refractivity contribution in [2.24, 2.45) is 4.99 Å². The lowest BCUT2D eigenvalue weighted by Crippen LogP contribution is -2.52. The SMILES string of the molecule is Cc1nc2c([nH]1)C(=O)N(C)C1=NC(C)(C)C(C)N12. The summed E-state index contributed by atoms with van der Waals surface area (Å²) in [5.74, 6) is 2.06. The minimum Gasteiger partial charge on any atom is -0.336 e. The maximum atomic E-state index is 12.2. The van der Waals surface area contributed by atoms with Crippen LogP contribution in [0.3, 0.4) is 0 Å². The zero-order valence-corrected chi connectivity index (χ0v) is 11.3. The summed E-state index contributed by atoms with van der Waals surface area (Å²) in [5, 5.41) is 0. The van der Waals surface area contributed by atoms with Gasteiger partial charge in [-0.3, -0.25) is 14.6 Å². The average molecular weight is 247 g/mol. The third-order valence-electron chi connectivity index (χ3n) is 3.86. The van der Waals surface area contributed by atoms with Gasteiger partial charge in [-0.05, 0) is 27.7 Å². The lowest BCUT2D eigenvalue weighted by Gasteiger charge is -2.34. The fourth-order valence-corrected chi connectivity index (χ4v) is 2.47. The van der Waals surface area contributed by atoms with Gasteiger partial charge >= 0.3 is 0 Å². The molecule has 0 bridgehead atoms. The first-order valence-electron chi connectivity index (χ1n) is 6.06. The molecule has 6 nitrogen and oxygen atoms in total. The maximum absolute atomic E-state index is 12.2. The molecule has 0 radical (unpaired) electrons. The van der Waals surface area contributed by atoms with Crippen molar-refractivity contribution in [2.75, 3.05) is 11.9 Å². The molecule has 3 heterocycles. The van der Waals surface area contributed by atoms with Crippen LogP contribution in [0, 0.1) is 6.92 Å². The van der Waals surface area contributed by atoms with Crippen molar-refractivity contribution in [2.45, 2.75) is 39.3 Å². The lowest BCUT2D eigenvalue weighted by molar-refractivity contribution is 0.0860. The molecule has 1 atom stereocenters. The summed E-state index contributed by atoms with van der Waals surface area (Å²) in [6.07, 6.45) is 0. The molecule has 2 aliphatic rings. The van der Waals surface area contributed by atoms with E-state index in [9.17, 15) is 4.79 Å². The summed E-state index contributed by atoms with van der Waals surface area (Å²) in [6, 6.07) is 0.171. The third kappa shape index (κ3) is 1.20. The van der Waals surface area contributed by atoms with Gasteiger partial charge in [-0.1, -0.05) is 0 Å². The molecule has 0 saturated heterocycles. The molecule has 18 heavy (non-hydrogen) atoms. The number of hydrogen-bond acceptors (Lipinski definition) is 4. The van der Waals surface area contributed by atoms with Crippen LogP contribution in [0.25, 0.3) is 0 Å². The third-order valence-corrected chi connectivity index (χ3v) is 3.86. The Labute approximate surface area is 106 Å². The van der Waals surface area contributed by atoms with Gasteiger partial charge in [0.1, 0.15) is 11.5 Å². The molecule has 0 aromatic carbocycles. The Bertz CT molecular complexity index is 571. The van der Waals surface area contributed by atoms with Crippen LogP contribution in [0.5, 0.6) is 0 Å². The van der Waals surface area contributed by atoms with Gasteiger partial charge in [0.15, 0.2) is 5.82 Å². The van der Waals surface area contributed by atoms with Crippen LogP contribution < -0.4 is 4.90 Å². The molecular weight excluding hydrogens is 230 g/mol. The monoisotopic (exact) mass is 247 g/mol. The number of amides is 1. The van der Waals surface area contributed by atoms with Gasteiger partial charge in [0, 0.05) is 7.05 Å². The number of carbonyl (C=O) groups excluding carboxylic acids is 1. The summed E-state index contributed by atoms with van der Waals surface area (Å²) in [7, 11) is 1.75. The van der Waals surface area contributed by atoms with Crippen LogP contribution in [-0.4, -0.2) is 45.4 Å². The molecule has 1 amide bonds. The second-order valence-corrected chi connectivity index (χ2v) is 5.50. The van der Waals surface area contributed by atoms with Gasteiger partial charge in [0.25, 0.3) is 5.91 Å². The van der Waals surface area contributed by atoms with E-state index < -0.39 is 0 Å². The Morgan fingerprint density at radius 3 is 2.72 bits per heavy atom. The first-order valence-corrected chi connectivity index (χ1v) is 6.06. The Balaban J connectivity index is 2.23. The molecule has 96 valence electrons. The van der Waals surface area contributed by atoms with Gasteiger partial charge in [-0.25, -0.2) is 9.98 Å². The number of nitrogens with one attached hydrogen (secondary N) is 1. The van der Waals surface area contributed by atoms with Gasteiger partial charge in [-0.2, -0.15) is 0 Å². The zero-order valence-electron chi connectivity index (χ0n) is 11.3. The van der Waals surface area contributed by atoms with Crippen molar-refractivity contribution < 1.29 is 4.79 Å². The number of imidazole rings is 1. The van der Waals surface area contributed by atoms with E-state index in [1.165, 1.54) is 0 Å². The number of aryl methyl sites for hydroxylation is 1. The van der Waals surface area contributed by atoms with E-state index in [0.29, 0.717) is 17.5 Å². The largest absolute Gasteiger partial charge is 0.336 e. The van der Waals surface area contributed by atoms with E-state index in [2.05, 4.69) is 35.7 Å². The minimum atomic E-state index is -0.224. The van der Waals surface area contributed by atoms with E-state index in [1.54, 1.807) is 11.9 Å². The van der Waals surface area contributed by atoms with Crippen molar-refractivity contribution >= 4 is 17.7 Å². The maximum Gasteiger partial charge on any atom is 0.280 e. The number of H-pyrrole nitrogens is 1. The normalized spacial score (nSPS) is 25.1. The number of aromatic nitrogens is 2. The van der Waals surface area contributed by atoms with E-state index in [4.69, 9.17) is 0 Å². The van der Waals surface area contributed by atoms with Crippen LogP contribution in [0.15, 0.2) is 4.99 Å². The zero-order chi connectivity index (χ0) is 13.2. The second-order valence-electron chi connectivity index (χ2n) is 5.50. The average Bonchev–Trinajstić information content (AvgIpc) is 2.76. The topological polar surface area (TPSA) is 64.6 Å². The fourth-order valence-electron chi connectivity index (χ4n) is 2.47. The summed E-state index contributed by atoms with van der Waals surface area (Å²) >= 11 is 0. The van der Waals surface area contributed by atoms with Crippen LogP contribution in [0.4, 0.5) is 5.82 Å². The Morgan fingerprint density at radius 2 is 2.06 bits per heavy atom. The van der Waals surface area contributed by atoms with Crippen LogP contribution in [-0.2, 0) is 0 Å². The highest BCUT2D eigenvalue weighted by molar-refractivity contribution is 6.18. The molecule has 0 saturated carbocycles. The fraction of sp³-hybridized carbons (Fsp3) is 0.583. The number of rotatable bonds is 0. The number of hydrogen-bond donors (Lipinski definition) is 1. The number of nitrogens with zero attached hydrogens (tertiary/aromatic N) is 4. The molecule has 1 unspecified atom stereocenters. The summed E-state index contributed by atoms with van der Waals surface area (Å²) < 4.78 is 0. The van der Waals surface area contributed by atoms with Crippen molar-refractivity contribution in [3.8, 4) is 0 Å². The molecule has 2 aliphatic heterocycles. The summed E-state index contributed by atoms with van der Waals surface area (Å²) in [4.78, 5) is 28.0. The predicted octanol–water partition coefficient (Wildman–Crippen LogP) is 1.15. The number of carbonyl (C=O) groups is 1. The number of fused-ring (bicyclic) bond motifs is 3. The molecule has 0 spiro atoms. The molecular formula is C12H17N5O. The van der Waals surface area contributed by atoms with Crippen LogP contribution in [0.1, 0.15) is 37.1 Å². The summed E-state index contributed by atoms with van der Waals surface area (Å²) in [5.41, 5.74) is 0.330. The van der Waals surface area contributed by atoms with Crippen molar-refractivity contribution in [1.29, 1.82) is 0 Å². The highest BCUT2D eigenvalue weighted by Crippen LogP contribution is 2.37. The summed E-state index contributed by atoms with van der Waals surface area (Å²) in [6.45, 7) is 8.10. The van der Waals surface area contributed by atoms with Crippen LogP contribution >= 0.6 is 0 Å². The minimum absolute atomic E-state index is 0.0782. The first kappa shape index (κ1) is 11.3. The molecule has 1 aromatic rings. The highest BCUT2D eigenvalue weighted by Gasteiger charge is 2.47. The molecule has 6 heteroatoms. The predicted molar refractivity (Wildman–Crippen MR) is 68.9 cm³/mol. The number of aromatic amines is 1. The smallest absolute Gasteiger partial charge is 0.280 e. The molecule has 1 aromatic heterocycles. The quantitative estimate of drug-likeness (QED) is 0.748. The molecule has 0 aliphatic carbocycles. The standard InChI is InChI=1S/C12H17N5O/c1-6-12(3,4)15-11-16(5)10(18)8-9(17(6)11)14-7(2)13-8/h6H,1-5H3,(H,13,14). The Hall–Kier alpha value is -1.85. The van der Waals surface area contributed by atoms with Gasteiger partial charge in [0.2, 0.25) is 5.96 Å². The number of aliphatic imine (C=N–C) groups is 1. The lowest BCUT2D eigenvalue weighted by atomic mass is 9.97. The van der Waals surface area contributed by atoms with E-state index >= 15 is 0 Å². The highest BCUT2D eigenvalue weighted by atomic mass is 16.2. The first-order chi connectivity index (χ1) is 8.33. The molecule has 0 fully saturated rings. The van der Waals surface area contributed by atoms with Crippen molar-refractivity contribution in [3.05, 3.63) is 11.5 Å². The Kier molecular flexibility index (Phi) is 1.95. The Morgan fingerprint density at radius 1 is 1.39 bits per heavy atom. The van der Waals surface area contributed by atoms with Crippen LogP contribution in [0.2, 0.25) is 0 Å².